The second-order valence-electron chi connectivity index (χ2n) is 18.2. The van der Waals surface area contributed by atoms with E-state index in [2.05, 4.69) is 41.5 Å². The van der Waals surface area contributed by atoms with Gasteiger partial charge in [-0.05, 0) is 168 Å². The van der Waals surface area contributed by atoms with Gasteiger partial charge in [-0.25, -0.2) is 8.78 Å². The summed E-state index contributed by atoms with van der Waals surface area (Å²) in [5.74, 6) is 1.53. The van der Waals surface area contributed by atoms with Crippen LogP contribution in [0.5, 0.6) is 0 Å². The van der Waals surface area contributed by atoms with Crippen LogP contribution in [0.1, 0.15) is 183 Å². The molecule has 0 aliphatic heterocycles. The molecule has 10 nitrogen and oxygen atoms in total. The van der Waals surface area contributed by atoms with Crippen molar-refractivity contribution < 1.29 is 51.8 Å². The summed E-state index contributed by atoms with van der Waals surface area (Å²) >= 11 is 0. The van der Waals surface area contributed by atoms with Gasteiger partial charge < -0.3 is 44.0 Å². The molecule has 0 heterocycles. The maximum absolute atomic E-state index is 11.5. The molecular formula is C46H99F2NO9. The molecule has 0 bridgehead atoms. The summed E-state index contributed by atoms with van der Waals surface area (Å²) in [5.41, 5.74) is 4.18. The van der Waals surface area contributed by atoms with Gasteiger partial charge in [-0.2, -0.15) is 0 Å². The lowest BCUT2D eigenvalue weighted by Gasteiger charge is -2.19. The second-order valence-corrected chi connectivity index (χ2v) is 18.2. The van der Waals surface area contributed by atoms with Crippen molar-refractivity contribution in [2.24, 2.45) is 17.6 Å². The lowest BCUT2D eigenvalue weighted by atomic mass is 10.1. The smallest absolute Gasteiger partial charge is 0.306 e. The summed E-state index contributed by atoms with van der Waals surface area (Å²) in [6, 6.07) is 0. The molecule has 0 saturated heterocycles. The maximum Gasteiger partial charge on any atom is 0.306 e. The molecular weight excluding hydrogens is 749 g/mol. The summed E-state index contributed by atoms with van der Waals surface area (Å²) in [6.07, 6.45) is 5.84. The third kappa shape index (κ3) is 86.7. The fourth-order valence-corrected chi connectivity index (χ4v) is 3.49. The minimum absolute atomic E-state index is 0.0489. The van der Waals surface area contributed by atoms with Crippen LogP contribution in [-0.4, -0.2) is 112 Å². The number of carbonyl (C=O) groups excluding carboxylic acids is 1. The summed E-state index contributed by atoms with van der Waals surface area (Å²) < 4.78 is 59.6. The fraction of sp³-hybridized carbons (Fsp3) is 0.978. The molecule has 1 saturated carbocycles. The summed E-state index contributed by atoms with van der Waals surface area (Å²) in [5, 5.41) is 9.25. The average Bonchev–Trinajstić information content (AvgIpc) is 3.87. The number of alkyl halides is 2. The summed E-state index contributed by atoms with van der Waals surface area (Å²) in [7, 11) is 0. The quantitative estimate of drug-likeness (QED) is 0.0716. The van der Waals surface area contributed by atoms with Gasteiger partial charge in [0.1, 0.15) is 5.60 Å². The third-order valence-corrected chi connectivity index (χ3v) is 6.66. The van der Waals surface area contributed by atoms with E-state index in [4.69, 9.17) is 38.9 Å². The van der Waals surface area contributed by atoms with Crippen LogP contribution in [0, 0.1) is 11.8 Å². The Labute approximate surface area is 358 Å². The van der Waals surface area contributed by atoms with Crippen molar-refractivity contribution in [2.75, 3.05) is 46.2 Å². The van der Waals surface area contributed by atoms with E-state index in [1.54, 1.807) is 13.8 Å². The molecule has 0 unspecified atom stereocenters. The first-order valence-corrected chi connectivity index (χ1v) is 22.2. The van der Waals surface area contributed by atoms with Crippen molar-refractivity contribution in [1.82, 2.24) is 0 Å². The number of hydrogen-bond donors (Lipinski definition) is 2. The zero-order valence-corrected chi connectivity index (χ0v) is 41.3. The topological polar surface area (TPSA) is 128 Å². The lowest BCUT2D eigenvalue weighted by molar-refractivity contribution is -0.155. The lowest BCUT2D eigenvalue weighted by Crippen LogP contribution is -2.23. The van der Waals surface area contributed by atoms with Crippen molar-refractivity contribution in [3.63, 3.8) is 0 Å². The number of carbonyl (C=O) groups is 1. The van der Waals surface area contributed by atoms with Crippen LogP contribution >= 0.6 is 0 Å². The van der Waals surface area contributed by atoms with E-state index >= 15 is 0 Å². The van der Waals surface area contributed by atoms with Gasteiger partial charge in [0.25, 0.3) is 0 Å². The van der Waals surface area contributed by atoms with Crippen LogP contribution in [0.2, 0.25) is 0 Å². The van der Waals surface area contributed by atoms with Crippen LogP contribution < -0.4 is 5.73 Å². The van der Waals surface area contributed by atoms with Crippen molar-refractivity contribution in [3.05, 3.63) is 0 Å². The van der Waals surface area contributed by atoms with Crippen LogP contribution in [0.25, 0.3) is 0 Å². The van der Waals surface area contributed by atoms with E-state index < -0.39 is 12.0 Å². The number of rotatable bonds is 24. The molecule has 0 spiro atoms. The zero-order chi connectivity index (χ0) is 46.3. The first-order chi connectivity index (χ1) is 26.5. The highest BCUT2D eigenvalue weighted by atomic mass is 19.3. The second kappa shape index (κ2) is 42.7. The van der Waals surface area contributed by atoms with Crippen LogP contribution in [0.15, 0.2) is 0 Å². The molecule has 0 amide bonds. The fourth-order valence-electron chi connectivity index (χ4n) is 3.49. The van der Waals surface area contributed by atoms with Gasteiger partial charge in [0, 0.05) is 52.4 Å². The minimum Gasteiger partial charge on any atom is -0.460 e. The van der Waals surface area contributed by atoms with E-state index in [0.29, 0.717) is 70.5 Å². The van der Waals surface area contributed by atoms with E-state index in [1.807, 2.05) is 76.2 Å². The minimum atomic E-state index is -2.18. The number of hydrogen-bond acceptors (Lipinski definition) is 10. The molecule has 0 aromatic rings. The van der Waals surface area contributed by atoms with E-state index in [9.17, 15) is 18.7 Å². The number of esters is 1. The molecule has 58 heavy (non-hydrogen) atoms. The summed E-state index contributed by atoms with van der Waals surface area (Å²) in [6.45, 7) is 42.6. The van der Waals surface area contributed by atoms with Gasteiger partial charge in [0.2, 0.25) is 6.43 Å². The first kappa shape index (κ1) is 66.1. The Bertz CT molecular complexity index is 805. The van der Waals surface area contributed by atoms with Crippen LogP contribution in [-0.2, 0) is 38.0 Å². The number of nitrogens with two attached hydrogens (primary N) is 1. The van der Waals surface area contributed by atoms with E-state index in [1.165, 1.54) is 19.3 Å². The maximum atomic E-state index is 11.5. The van der Waals surface area contributed by atoms with Crippen molar-refractivity contribution in [1.29, 1.82) is 0 Å². The molecule has 3 N–H and O–H groups in total. The predicted octanol–water partition coefficient (Wildman–Crippen LogP) is 11.2. The highest BCUT2D eigenvalue weighted by Crippen LogP contribution is 2.29. The largest absolute Gasteiger partial charge is 0.460 e. The summed E-state index contributed by atoms with van der Waals surface area (Å²) in [4.78, 5) is 11.2. The Kier molecular flexibility index (Phi) is 48.7. The molecule has 12 heteroatoms. The number of ether oxygens (including phenoxy) is 7. The molecule has 0 aromatic heterocycles. The van der Waals surface area contributed by atoms with Gasteiger partial charge in [0.05, 0.1) is 48.8 Å². The number of halogens is 2. The highest BCUT2D eigenvalue weighted by Gasteiger charge is 2.21. The van der Waals surface area contributed by atoms with Crippen molar-refractivity contribution >= 4 is 5.97 Å². The molecule has 356 valence electrons. The molecule has 1 aliphatic carbocycles. The molecule has 0 aromatic carbocycles. The van der Waals surface area contributed by atoms with Crippen molar-refractivity contribution in [2.45, 2.75) is 237 Å². The molecule has 1 aliphatic rings. The molecule has 1 fully saturated rings. The van der Waals surface area contributed by atoms with Crippen LogP contribution in [0.4, 0.5) is 8.78 Å². The Hall–Kier alpha value is -0.990. The van der Waals surface area contributed by atoms with E-state index in [-0.39, 0.29) is 36.3 Å². The molecule has 1 rings (SSSR count). The SMILES string of the molecule is CC(C)CCOC(C)C.CC(C)OCC1CC1.CC(C)OCCC(C)(C)O.CC(C)OCCCC(=O)OC(C)(C)C.CC(C)OCCCC(F)F.CC(C)OCCN. The highest BCUT2D eigenvalue weighted by molar-refractivity contribution is 5.69. The van der Waals surface area contributed by atoms with Gasteiger partial charge in [-0.15, -0.1) is 0 Å². The van der Waals surface area contributed by atoms with Gasteiger partial charge in [-0.3, -0.25) is 4.79 Å². The Morgan fingerprint density at radius 3 is 1.33 bits per heavy atom. The average molecular weight is 848 g/mol. The molecule has 0 atom stereocenters. The monoisotopic (exact) mass is 848 g/mol. The predicted molar refractivity (Wildman–Crippen MR) is 239 cm³/mol. The Morgan fingerprint density at radius 1 is 0.603 bits per heavy atom. The van der Waals surface area contributed by atoms with E-state index in [0.717, 1.165) is 31.5 Å². The number of aliphatic hydroxyl groups is 1. The normalized spacial score (nSPS) is 12.7. The zero-order valence-electron chi connectivity index (χ0n) is 41.3. The first-order valence-electron chi connectivity index (χ1n) is 22.2. The standard InChI is InChI=1S/C11H22O3.C8H18O2.C8H18O.C7H14F2O.C7H14O.C5H13NO/c1-9(2)13-8-6-7-10(12)14-11(3,4)5;1-7(2)10-6-5-8(3,4)9;1-7(2)5-6-9-8(3)4;1-6(2)10-5-3-4-7(8)9;1-6(2)8-5-7-3-4-7;1-5(2)7-4-3-6/h9H,6-8H2,1-5H3;7,9H,5-6H2,1-4H3;7-8H,5-6H2,1-4H3;6-7H,3-5H2,1-2H3;6-7H,3-5H2,1-2H3;5H,3-4,6H2,1-2H3. The Balaban J connectivity index is -0.000000196. The third-order valence-electron chi connectivity index (χ3n) is 6.66. The molecule has 0 radical (unpaired) electrons. The van der Waals surface area contributed by atoms with Gasteiger partial charge >= 0.3 is 5.97 Å². The van der Waals surface area contributed by atoms with Gasteiger partial charge in [0.15, 0.2) is 0 Å². The van der Waals surface area contributed by atoms with Gasteiger partial charge in [-0.1, -0.05) is 13.8 Å². The van der Waals surface area contributed by atoms with Crippen molar-refractivity contribution in [3.8, 4) is 0 Å². The van der Waals surface area contributed by atoms with Crippen LogP contribution in [0.3, 0.4) is 0 Å². The Morgan fingerprint density at radius 2 is 1.00 bits per heavy atom.